The Kier molecular flexibility index (Phi) is 5.07. The maximum Gasteiger partial charge on any atom is 0.240 e. The SMILES string of the molecule is CCc1ccc(CO)cc1S(=O)(=O)NCC1(CC)CCC1. The van der Waals surface area contributed by atoms with E-state index in [0.29, 0.717) is 23.4 Å². The molecule has 0 aliphatic heterocycles. The van der Waals surface area contributed by atoms with Crippen LogP contribution in [0.3, 0.4) is 0 Å². The Hall–Kier alpha value is -0.910. The maximum absolute atomic E-state index is 12.6. The summed E-state index contributed by atoms with van der Waals surface area (Å²) in [5, 5.41) is 9.22. The lowest BCUT2D eigenvalue weighted by Gasteiger charge is -2.41. The lowest BCUT2D eigenvalue weighted by Crippen LogP contribution is -2.41. The molecule has 118 valence electrons. The zero-order valence-electron chi connectivity index (χ0n) is 12.9. The summed E-state index contributed by atoms with van der Waals surface area (Å²) < 4.78 is 28.0. The number of aryl methyl sites for hydroxylation is 1. The average Bonchev–Trinajstić information content (AvgIpc) is 2.45. The Bertz CT molecular complexity index is 586. The number of rotatable bonds is 7. The van der Waals surface area contributed by atoms with Gasteiger partial charge in [-0.15, -0.1) is 0 Å². The summed E-state index contributed by atoms with van der Waals surface area (Å²) in [5.74, 6) is 0. The minimum atomic E-state index is -3.52. The standard InChI is InChI=1S/C16H25NO3S/c1-3-14-7-6-13(11-18)10-15(14)21(19,20)17-12-16(4-2)8-5-9-16/h6-7,10,17-18H,3-5,8-9,11-12H2,1-2H3. The molecule has 1 aromatic rings. The summed E-state index contributed by atoms with van der Waals surface area (Å²) in [6.07, 6.45) is 5.05. The van der Waals surface area contributed by atoms with E-state index in [1.807, 2.05) is 6.92 Å². The molecule has 5 heteroatoms. The quantitative estimate of drug-likeness (QED) is 0.813. The molecular weight excluding hydrogens is 286 g/mol. The van der Waals surface area contributed by atoms with Crippen LogP contribution in [0.4, 0.5) is 0 Å². The summed E-state index contributed by atoms with van der Waals surface area (Å²) >= 11 is 0. The van der Waals surface area contributed by atoms with E-state index in [1.165, 1.54) is 6.42 Å². The summed E-state index contributed by atoms with van der Waals surface area (Å²) in [6, 6.07) is 5.15. The first-order valence-electron chi connectivity index (χ1n) is 7.68. The Morgan fingerprint density at radius 1 is 1.29 bits per heavy atom. The van der Waals surface area contributed by atoms with Crippen molar-refractivity contribution in [3.8, 4) is 0 Å². The van der Waals surface area contributed by atoms with Crippen molar-refractivity contribution in [3.63, 3.8) is 0 Å². The summed E-state index contributed by atoms with van der Waals surface area (Å²) in [6.45, 7) is 4.42. The molecule has 0 atom stereocenters. The predicted molar refractivity (Wildman–Crippen MR) is 83.5 cm³/mol. The number of benzene rings is 1. The molecule has 0 bridgehead atoms. The Labute approximate surface area is 127 Å². The third-order valence-corrected chi connectivity index (χ3v) is 6.27. The van der Waals surface area contributed by atoms with E-state index < -0.39 is 10.0 Å². The van der Waals surface area contributed by atoms with Gasteiger partial charge in [0.2, 0.25) is 10.0 Å². The van der Waals surface area contributed by atoms with Crippen molar-refractivity contribution in [2.75, 3.05) is 6.54 Å². The van der Waals surface area contributed by atoms with Crippen LogP contribution in [-0.4, -0.2) is 20.1 Å². The molecule has 0 amide bonds. The van der Waals surface area contributed by atoms with Crippen LogP contribution >= 0.6 is 0 Å². The fourth-order valence-electron chi connectivity index (χ4n) is 2.90. The fourth-order valence-corrected chi connectivity index (χ4v) is 4.41. The largest absolute Gasteiger partial charge is 0.392 e. The minimum Gasteiger partial charge on any atom is -0.392 e. The second-order valence-electron chi connectivity index (χ2n) is 5.99. The van der Waals surface area contributed by atoms with Crippen LogP contribution in [-0.2, 0) is 23.1 Å². The highest BCUT2D eigenvalue weighted by molar-refractivity contribution is 7.89. The van der Waals surface area contributed by atoms with Gasteiger partial charge in [0.25, 0.3) is 0 Å². The van der Waals surface area contributed by atoms with E-state index >= 15 is 0 Å². The first-order chi connectivity index (χ1) is 9.96. The number of sulfonamides is 1. The van der Waals surface area contributed by atoms with Crippen molar-refractivity contribution in [1.82, 2.24) is 4.72 Å². The van der Waals surface area contributed by atoms with E-state index in [-0.39, 0.29) is 12.0 Å². The van der Waals surface area contributed by atoms with Crippen LogP contribution < -0.4 is 4.72 Å². The summed E-state index contributed by atoms with van der Waals surface area (Å²) in [4.78, 5) is 0.308. The third kappa shape index (κ3) is 3.47. The molecule has 21 heavy (non-hydrogen) atoms. The Morgan fingerprint density at radius 2 is 2.00 bits per heavy atom. The van der Waals surface area contributed by atoms with Crippen LogP contribution in [0.1, 0.15) is 50.7 Å². The first-order valence-corrected chi connectivity index (χ1v) is 9.17. The molecule has 0 heterocycles. The minimum absolute atomic E-state index is 0.147. The Morgan fingerprint density at radius 3 is 2.48 bits per heavy atom. The summed E-state index contributed by atoms with van der Waals surface area (Å²) in [7, 11) is -3.52. The van der Waals surface area contributed by atoms with Crippen molar-refractivity contribution in [1.29, 1.82) is 0 Å². The molecule has 4 nitrogen and oxygen atoms in total. The molecular formula is C16H25NO3S. The molecule has 1 saturated carbocycles. The molecule has 0 unspecified atom stereocenters. The average molecular weight is 311 g/mol. The highest BCUT2D eigenvalue weighted by Gasteiger charge is 2.36. The van der Waals surface area contributed by atoms with Crippen molar-refractivity contribution in [3.05, 3.63) is 29.3 Å². The van der Waals surface area contributed by atoms with Crippen molar-refractivity contribution in [2.45, 2.75) is 57.5 Å². The molecule has 1 fully saturated rings. The van der Waals surface area contributed by atoms with Crippen LogP contribution in [0.25, 0.3) is 0 Å². The lowest BCUT2D eigenvalue weighted by atomic mass is 9.67. The Balaban J connectivity index is 2.22. The van der Waals surface area contributed by atoms with Gasteiger partial charge in [-0.3, -0.25) is 0 Å². The van der Waals surface area contributed by atoms with Gasteiger partial charge >= 0.3 is 0 Å². The van der Waals surface area contributed by atoms with E-state index in [2.05, 4.69) is 11.6 Å². The highest BCUT2D eigenvalue weighted by Crippen LogP contribution is 2.43. The van der Waals surface area contributed by atoms with Crippen LogP contribution in [0.5, 0.6) is 0 Å². The van der Waals surface area contributed by atoms with Gasteiger partial charge in [0, 0.05) is 6.54 Å². The second kappa shape index (κ2) is 6.46. The molecule has 0 saturated heterocycles. The first kappa shape index (κ1) is 16.5. The molecule has 0 aromatic heterocycles. The predicted octanol–water partition coefficient (Wildman–Crippen LogP) is 2.60. The van der Waals surface area contributed by atoms with Crippen LogP contribution in [0.15, 0.2) is 23.1 Å². The molecule has 1 aromatic carbocycles. The zero-order chi connectivity index (χ0) is 15.5. The van der Waals surface area contributed by atoms with Gasteiger partial charge in [0.05, 0.1) is 11.5 Å². The molecule has 0 radical (unpaired) electrons. The van der Waals surface area contributed by atoms with Gasteiger partial charge in [-0.1, -0.05) is 32.4 Å². The molecule has 1 aliphatic carbocycles. The number of nitrogens with one attached hydrogen (secondary N) is 1. The smallest absolute Gasteiger partial charge is 0.240 e. The van der Waals surface area contributed by atoms with Crippen molar-refractivity contribution < 1.29 is 13.5 Å². The van der Waals surface area contributed by atoms with Gasteiger partial charge in [-0.2, -0.15) is 0 Å². The van der Waals surface area contributed by atoms with Gasteiger partial charge < -0.3 is 5.11 Å². The van der Waals surface area contributed by atoms with E-state index in [9.17, 15) is 13.5 Å². The van der Waals surface area contributed by atoms with Crippen LogP contribution in [0, 0.1) is 5.41 Å². The monoisotopic (exact) mass is 311 g/mol. The number of hydrogen-bond acceptors (Lipinski definition) is 3. The fraction of sp³-hybridized carbons (Fsp3) is 0.625. The number of aliphatic hydroxyl groups is 1. The third-order valence-electron chi connectivity index (χ3n) is 4.79. The highest BCUT2D eigenvalue weighted by atomic mass is 32.2. The molecule has 1 aliphatic rings. The van der Waals surface area contributed by atoms with Crippen LogP contribution in [0.2, 0.25) is 0 Å². The van der Waals surface area contributed by atoms with Gasteiger partial charge in [0.15, 0.2) is 0 Å². The maximum atomic E-state index is 12.6. The molecule has 0 spiro atoms. The summed E-state index contributed by atoms with van der Waals surface area (Å²) in [5.41, 5.74) is 1.56. The zero-order valence-corrected chi connectivity index (χ0v) is 13.7. The topological polar surface area (TPSA) is 66.4 Å². The van der Waals surface area contributed by atoms with E-state index in [0.717, 1.165) is 24.8 Å². The van der Waals surface area contributed by atoms with Gasteiger partial charge in [-0.05, 0) is 48.3 Å². The van der Waals surface area contributed by atoms with E-state index in [4.69, 9.17) is 0 Å². The number of aliphatic hydroxyl groups excluding tert-OH is 1. The van der Waals surface area contributed by atoms with Crippen molar-refractivity contribution in [2.24, 2.45) is 5.41 Å². The van der Waals surface area contributed by atoms with Gasteiger partial charge in [0.1, 0.15) is 0 Å². The van der Waals surface area contributed by atoms with Gasteiger partial charge in [-0.25, -0.2) is 13.1 Å². The lowest BCUT2D eigenvalue weighted by molar-refractivity contribution is 0.133. The molecule has 2 rings (SSSR count). The molecule has 2 N–H and O–H groups in total. The second-order valence-corrected chi connectivity index (χ2v) is 7.72. The normalized spacial score (nSPS) is 17.5. The van der Waals surface area contributed by atoms with Crippen molar-refractivity contribution >= 4 is 10.0 Å². The number of hydrogen-bond donors (Lipinski definition) is 2. The van der Waals surface area contributed by atoms with E-state index in [1.54, 1.807) is 18.2 Å².